The maximum Gasteiger partial charge on any atom is 0.338 e. The molecule has 2 fully saturated rings. The molecule has 2 aliphatic heterocycles. The third-order valence-electron chi connectivity index (χ3n) is 5.96. The normalized spacial score (nSPS) is 30.7. The number of carbonyl (C=O) groups excluding carboxylic acids is 7. The first-order valence-corrected chi connectivity index (χ1v) is 13.2. The molecule has 2 aliphatic rings. The minimum absolute atomic E-state index is 0.604. The summed E-state index contributed by atoms with van der Waals surface area (Å²) in [5.41, 5.74) is 9.37. The van der Waals surface area contributed by atoms with E-state index in [1.54, 1.807) is 0 Å². The fourth-order valence-electron chi connectivity index (χ4n) is 4.50. The van der Waals surface area contributed by atoms with Gasteiger partial charge in [-0.25, -0.2) is 4.79 Å². The summed E-state index contributed by atoms with van der Waals surface area (Å²) in [4.78, 5) is 87.4. The van der Waals surface area contributed by atoms with E-state index in [0.717, 1.165) is 48.7 Å². The average molecular weight is 648 g/mol. The van der Waals surface area contributed by atoms with Crippen molar-refractivity contribution in [3.63, 3.8) is 0 Å². The first-order valence-electron chi connectivity index (χ1n) is 13.2. The lowest BCUT2D eigenvalue weighted by Gasteiger charge is -2.47. The standard InChI is InChI=1S/C25H33N3O17/c1-9(29)37-8-15-17(38-10(2)30)18(39-11(3)31)16(27-28-26)24(43-15)44-19-20(40-12(4)32)22(41-13(5)33)25(42-14(6)34)45-21(19)23(35)36-7/h15-22,24-25H,8H2,1-7H3/t15?,16?,17-,18?,19+,20?,21?,22+,24+,25-/m1/s1. The van der Waals surface area contributed by atoms with Crippen LogP contribution < -0.4 is 0 Å². The molecule has 2 rings (SSSR count). The Balaban J connectivity index is 2.72. The molecule has 0 spiro atoms. The van der Waals surface area contributed by atoms with Gasteiger partial charge in [0.1, 0.15) is 24.9 Å². The van der Waals surface area contributed by atoms with Crippen molar-refractivity contribution in [1.82, 2.24) is 0 Å². The minimum Gasteiger partial charge on any atom is -0.467 e. The Morgan fingerprint density at radius 2 is 1.16 bits per heavy atom. The van der Waals surface area contributed by atoms with Crippen LogP contribution in [0.1, 0.15) is 41.5 Å². The highest BCUT2D eigenvalue weighted by atomic mass is 16.8. The van der Waals surface area contributed by atoms with Crippen molar-refractivity contribution >= 4 is 41.8 Å². The van der Waals surface area contributed by atoms with E-state index in [-0.39, 0.29) is 0 Å². The SMILES string of the molecule is COC(=O)C1O[C@@H](OC(C)=O)[C@@H](OC(C)=O)C(OC(C)=O)[C@@H]1O[C@@H]1OC(COC(C)=O)[C@@H](OC(C)=O)C(OC(C)=O)C1N=[N+]=[N-]. The van der Waals surface area contributed by atoms with Gasteiger partial charge in [0, 0.05) is 46.5 Å². The van der Waals surface area contributed by atoms with Gasteiger partial charge in [-0.1, -0.05) is 5.11 Å². The molecule has 20 nitrogen and oxygen atoms in total. The van der Waals surface area contributed by atoms with Gasteiger partial charge in [0.15, 0.2) is 30.7 Å². The van der Waals surface area contributed by atoms with Gasteiger partial charge in [-0.2, -0.15) is 0 Å². The van der Waals surface area contributed by atoms with Crippen LogP contribution in [-0.2, 0) is 80.9 Å². The van der Waals surface area contributed by atoms with Crippen molar-refractivity contribution < 1.29 is 80.9 Å². The third kappa shape index (κ3) is 10.3. The topological polar surface area (TPSA) is 261 Å². The van der Waals surface area contributed by atoms with Crippen molar-refractivity contribution in [1.29, 1.82) is 0 Å². The number of methoxy groups -OCH3 is 1. The van der Waals surface area contributed by atoms with Crippen LogP contribution in [0.15, 0.2) is 5.11 Å². The maximum absolute atomic E-state index is 12.9. The Labute approximate surface area is 255 Å². The Morgan fingerprint density at radius 1 is 0.644 bits per heavy atom. The van der Waals surface area contributed by atoms with Crippen LogP contribution >= 0.6 is 0 Å². The first-order chi connectivity index (χ1) is 21.1. The van der Waals surface area contributed by atoms with E-state index in [2.05, 4.69) is 10.0 Å². The van der Waals surface area contributed by atoms with E-state index in [9.17, 15) is 39.1 Å². The number of nitrogens with zero attached hydrogens (tertiary/aromatic N) is 3. The predicted molar refractivity (Wildman–Crippen MR) is 138 cm³/mol. The lowest BCUT2D eigenvalue weighted by atomic mass is 9.95. The van der Waals surface area contributed by atoms with Crippen molar-refractivity contribution in [2.75, 3.05) is 13.7 Å². The van der Waals surface area contributed by atoms with Crippen molar-refractivity contribution in [2.24, 2.45) is 5.11 Å². The quantitative estimate of drug-likeness (QED) is 0.0901. The summed E-state index contributed by atoms with van der Waals surface area (Å²) >= 11 is 0. The van der Waals surface area contributed by atoms with E-state index >= 15 is 0 Å². The number of azide groups is 1. The highest BCUT2D eigenvalue weighted by Gasteiger charge is 2.58. The zero-order chi connectivity index (χ0) is 34.0. The fraction of sp³-hybridized carbons (Fsp3) is 0.720. The largest absolute Gasteiger partial charge is 0.467 e. The molecule has 5 unspecified atom stereocenters. The van der Waals surface area contributed by atoms with Crippen molar-refractivity contribution in [3.8, 4) is 0 Å². The molecule has 2 heterocycles. The van der Waals surface area contributed by atoms with Gasteiger partial charge >= 0.3 is 41.8 Å². The molecule has 0 N–H and O–H groups in total. The Bertz CT molecular complexity index is 1200. The molecule has 10 atom stereocenters. The lowest BCUT2D eigenvalue weighted by molar-refractivity contribution is -0.337. The lowest BCUT2D eigenvalue weighted by Crippen LogP contribution is -2.67. The highest BCUT2D eigenvalue weighted by molar-refractivity contribution is 5.76. The molecule has 2 saturated heterocycles. The molecule has 250 valence electrons. The number of carbonyl (C=O) groups is 7. The van der Waals surface area contributed by atoms with Crippen LogP contribution in [0.5, 0.6) is 0 Å². The molecule has 0 amide bonds. The molecule has 0 bridgehead atoms. The number of ether oxygens (including phenoxy) is 10. The van der Waals surface area contributed by atoms with Crippen molar-refractivity contribution in [2.45, 2.75) is 103 Å². The molecule has 0 aliphatic carbocycles. The Kier molecular flexibility index (Phi) is 13.5. The molecule has 0 aromatic heterocycles. The number of hydrogen-bond acceptors (Lipinski definition) is 18. The molecule has 0 radical (unpaired) electrons. The molecular weight excluding hydrogens is 614 g/mol. The van der Waals surface area contributed by atoms with E-state index in [1.807, 2.05) is 0 Å². The van der Waals surface area contributed by atoms with Crippen LogP contribution in [0.4, 0.5) is 0 Å². The van der Waals surface area contributed by atoms with E-state index in [1.165, 1.54) is 0 Å². The monoisotopic (exact) mass is 647 g/mol. The molecular formula is C25H33N3O17. The van der Waals surface area contributed by atoms with Crippen LogP contribution in [-0.4, -0.2) is 117 Å². The predicted octanol–water partition coefficient (Wildman–Crippen LogP) is -0.474. The van der Waals surface area contributed by atoms with E-state index < -0.39 is 110 Å². The number of rotatable bonds is 11. The number of esters is 7. The smallest absolute Gasteiger partial charge is 0.338 e. The molecule has 45 heavy (non-hydrogen) atoms. The van der Waals surface area contributed by atoms with Gasteiger partial charge in [-0.15, -0.1) is 0 Å². The van der Waals surface area contributed by atoms with Crippen LogP contribution in [0.25, 0.3) is 10.4 Å². The van der Waals surface area contributed by atoms with Gasteiger partial charge in [0.25, 0.3) is 0 Å². The van der Waals surface area contributed by atoms with Crippen LogP contribution in [0, 0.1) is 0 Å². The summed E-state index contributed by atoms with van der Waals surface area (Å²) in [6.45, 7) is 5.44. The fourth-order valence-corrected chi connectivity index (χ4v) is 4.50. The number of hydrogen-bond donors (Lipinski definition) is 0. The van der Waals surface area contributed by atoms with Gasteiger partial charge < -0.3 is 47.4 Å². The second kappa shape index (κ2) is 16.5. The minimum atomic E-state index is -1.89. The molecule has 0 aromatic carbocycles. The Morgan fingerprint density at radius 3 is 1.64 bits per heavy atom. The summed E-state index contributed by atoms with van der Waals surface area (Å²) in [7, 11) is 0.970. The summed E-state index contributed by atoms with van der Waals surface area (Å²) in [5.74, 6) is -6.60. The zero-order valence-electron chi connectivity index (χ0n) is 25.3. The molecule has 20 heteroatoms. The highest BCUT2D eigenvalue weighted by Crippen LogP contribution is 2.35. The van der Waals surface area contributed by atoms with Crippen molar-refractivity contribution in [3.05, 3.63) is 10.4 Å². The van der Waals surface area contributed by atoms with E-state index in [4.69, 9.17) is 47.4 Å². The average Bonchev–Trinajstić information content (AvgIpc) is 2.91. The second-order valence-corrected chi connectivity index (χ2v) is 9.50. The van der Waals surface area contributed by atoms with Gasteiger partial charge in [-0.05, 0) is 5.53 Å². The summed E-state index contributed by atoms with van der Waals surface area (Å²) in [6.07, 6.45) is -15.5. The first kappa shape index (κ1) is 36.7. The Hall–Kier alpha value is -4.52. The molecule has 0 aromatic rings. The molecule has 0 saturated carbocycles. The van der Waals surface area contributed by atoms with Gasteiger partial charge in [0.2, 0.25) is 12.4 Å². The summed E-state index contributed by atoms with van der Waals surface area (Å²) < 4.78 is 53.6. The van der Waals surface area contributed by atoms with Gasteiger partial charge in [-0.3, -0.25) is 28.8 Å². The second-order valence-electron chi connectivity index (χ2n) is 9.50. The van der Waals surface area contributed by atoms with E-state index in [0.29, 0.717) is 0 Å². The van der Waals surface area contributed by atoms with Crippen LogP contribution in [0.2, 0.25) is 0 Å². The maximum atomic E-state index is 12.9. The third-order valence-corrected chi connectivity index (χ3v) is 5.96. The van der Waals surface area contributed by atoms with Crippen LogP contribution in [0.3, 0.4) is 0 Å². The summed E-state index contributed by atoms with van der Waals surface area (Å²) in [5, 5.41) is 3.58. The summed E-state index contributed by atoms with van der Waals surface area (Å²) in [6, 6.07) is -1.69. The zero-order valence-corrected chi connectivity index (χ0v) is 25.3. The van der Waals surface area contributed by atoms with Gasteiger partial charge in [0.05, 0.1) is 7.11 Å².